The average molecular weight is 410 g/mol. The van der Waals surface area contributed by atoms with Gasteiger partial charge in [-0.25, -0.2) is 14.5 Å². The Hall–Kier alpha value is -4.14. The van der Waals surface area contributed by atoms with E-state index in [1.807, 2.05) is 0 Å². The quantitative estimate of drug-likeness (QED) is 0.440. The van der Waals surface area contributed by atoms with Crippen LogP contribution in [0.2, 0.25) is 0 Å². The van der Waals surface area contributed by atoms with Gasteiger partial charge in [-0.2, -0.15) is 0 Å². The fraction of sp³-hybridized carbons (Fsp3) is 0.143. The number of benzene rings is 2. The molecule has 0 bridgehead atoms. The molecule has 0 atom stereocenters. The summed E-state index contributed by atoms with van der Waals surface area (Å²) in [5.74, 6) is -1.54. The fourth-order valence-corrected chi connectivity index (χ4v) is 2.72. The molecule has 30 heavy (non-hydrogen) atoms. The number of hydrogen-bond acceptors (Lipinski definition) is 7. The highest BCUT2D eigenvalue weighted by Crippen LogP contribution is 2.30. The molecule has 1 N–H and O–H groups in total. The van der Waals surface area contributed by atoms with Crippen molar-refractivity contribution >= 4 is 35.6 Å². The van der Waals surface area contributed by atoms with E-state index in [-0.39, 0.29) is 23.7 Å². The Labute approximate surface area is 171 Å². The van der Waals surface area contributed by atoms with E-state index in [2.05, 4.69) is 10.1 Å². The summed E-state index contributed by atoms with van der Waals surface area (Å²) >= 11 is 0. The van der Waals surface area contributed by atoms with Crippen LogP contribution in [-0.2, 0) is 19.1 Å². The van der Waals surface area contributed by atoms with Gasteiger partial charge in [0, 0.05) is 0 Å². The molecule has 2 aromatic carbocycles. The molecule has 1 fully saturated rings. The third kappa shape index (κ3) is 4.30. The number of carbonyl (C=O) groups is 4. The first-order chi connectivity index (χ1) is 14.4. The molecule has 1 aliphatic heterocycles. The second-order valence-electron chi connectivity index (χ2n) is 6.07. The van der Waals surface area contributed by atoms with Crippen molar-refractivity contribution in [1.82, 2.24) is 5.32 Å². The van der Waals surface area contributed by atoms with Crippen LogP contribution in [0.5, 0.6) is 11.5 Å². The Balaban J connectivity index is 1.90. The molecule has 0 aliphatic carbocycles. The second-order valence-corrected chi connectivity index (χ2v) is 6.07. The summed E-state index contributed by atoms with van der Waals surface area (Å²) in [4.78, 5) is 49.4. The Bertz CT molecular complexity index is 1030. The lowest BCUT2D eigenvalue weighted by Gasteiger charge is -2.26. The van der Waals surface area contributed by atoms with Gasteiger partial charge in [-0.1, -0.05) is 24.3 Å². The summed E-state index contributed by atoms with van der Waals surface area (Å²) in [5.41, 5.74) is 0.574. The summed E-state index contributed by atoms with van der Waals surface area (Å²) in [5, 5.41) is 2.16. The molecule has 1 heterocycles. The van der Waals surface area contributed by atoms with E-state index in [1.54, 1.807) is 36.4 Å². The molecule has 1 aliphatic rings. The maximum Gasteiger partial charge on any atom is 0.343 e. The van der Waals surface area contributed by atoms with Gasteiger partial charge in [-0.05, 0) is 35.9 Å². The van der Waals surface area contributed by atoms with E-state index in [0.29, 0.717) is 11.3 Å². The van der Waals surface area contributed by atoms with Crippen molar-refractivity contribution in [2.45, 2.75) is 0 Å². The van der Waals surface area contributed by atoms with Gasteiger partial charge >= 0.3 is 12.0 Å². The van der Waals surface area contributed by atoms with Crippen LogP contribution in [0.25, 0.3) is 6.08 Å². The topological polar surface area (TPSA) is 111 Å². The summed E-state index contributed by atoms with van der Waals surface area (Å²) in [6, 6.07) is 12.1. The molecule has 0 saturated carbocycles. The van der Waals surface area contributed by atoms with Crippen molar-refractivity contribution < 1.29 is 33.4 Å². The number of urea groups is 1. The first-order valence-electron chi connectivity index (χ1n) is 8.78. The first kappa shape index (κ1) is 20.6. The van der Waals surface area contributed by atoms with Crippen LogP contribution >= 0.6 is 0 Å². The van der Waals surface area contributed by atoms with Gasteiger partial charge in [-0.15, -0.1) is 0 Å². The number of amides is 4. The number of hydrogen-bond donors (Lipinski definition) is 1. The van der Waals surface area contributed by atoms with Gasteiger partial charge in [0.25, 0.3) is 11.8 Å². The normalized spacial score (nSPS) is 15.1. The molecule has 9 nitrogen and oxygen atoms in total. The number of esters is 1. The minimum Gasteiger partial charge on any atom is -0.493 e. The maximum atomic E-state index is 12.9. The Morgan fingerprint density at radius 2 is 1.77 bits per heavy atom. The zero-order chi connectivity index (χ0) is 21.7. The van der Waals surface area contributed by atoms with Crippen molar-refractivity contribution in [3.63, 3.8) is 0 Å². The van der Waals surface area contributed by atoms with Crippen LogP contribution < -0.4 is 19.7 Å². The van der Waals surface area contributed by atoms with Crippen LogP contribution in [0.4, 0.5) is 10.5 Å². The summed E-state index contributed by atoms with van der Waals surface area (Å²) in [7, 11) is 2.65. The predicted molar refractivity (Wildman–Crippen MR) is 106 cm³/mol. The maximum absolute atomic E-state index is 12.9. The smallest absolute Gasteiger partial charge is 0.343 e. The number of nitrogens with one attached hydrogen (secondary N) is 1. The van der Waals surface area contributed by atoms with E-state index in [0.717, 1.165) is 4.90 Å². The van der Waals surface area contributed by atoms with E-state index in [4.69, 9.17) is 9.47 Å². The third-order valence-electron chi connectivity index (χ3n) is 4.19. The lowest BCUT2D eigenvalue weighted by Crippen LogP contribution is -2.54. The highest BCUT2D eigenvalue weighted by Gasteiger charge is 2.36. The molecule has 0 aromatic heterocycles. The monoisotopic (exact) mass is 410 g/mol. The van der Waals surface area contributed by atoms with Gasteiger partial charge in [0.05, 0.1) is 19.9 Å². The van der Waals surface area contributed by atoms with Crippen LogP contribution in [0.1, 0.15) is 5.56 Å². The highest BCUT2D eigenvalue weighted by molar-refractivity contribution is 6.39. The average Bonchev–Trinajstić information content (AvgIpc) is 2.75. The lowest BCUT2D eigenvalue weighted by atomic mass is 10.1. The minimum absolute atomic E-state index is 0.219. The standard InChI is InChI=1S/C21H18N2O7/c1-28-17-11-13(8-9-16(17)30-12-18(24)29-2)10-15-19(25)22-21(27)23(20(15)26)14-6-4-3-5-7-14/h3-11H,12H2,1-2H3,(H,22,25,27). The number of carbonyl (C=O) groups excluding carboxylic acids is 4. The molecule has 2 aromatic rings. The van der Waals surface area contributed by atoms with Gasteiger partial charge in [0.2, 0.25) is 0 Å². The van der Waals surface area contributed by atoms with Gasteiger partial charge < -0.3 is 14.2 Å². The van der Waals surface area contributed by atoms with Gasteiger partial charge in [-0.3, -0.25) is 14.9 Å². The van der Waals surface area contributed by atoms with E-state index in [1.165, 1.54) is 32.4 Å². The molecule has 0 spiro atoms. The van der Waals surface area contributed by atoms with E-state index < -0.39 is 23.8 Å². The van der Waals surface area contributed by atoms with Crippen LogP contribution in [0.15, 0.2) is 54.1 Å². The van der Waals surface area contributed by atoms with Crippen molar-refractivity contribution in [1.29, 1.82) is 0 Å². The molecule has 1 saturated heterocycles. The number of methoxy groups -OCH3 is 2. The van der Waals surface area contributed by atoms with Gasteiger partial charge in [0.1, 0.15) is 5.57 Å². The van der Waals surface area contributed by atoms with E-state index >= 15 is 0 Å². The molecule has 4 amide bonds. The summed E-state index contributed by atoms with van der Waals surface area (Å²) in [6.45, 7) is -0.303. The zero-order valence-electron chi connectivity index (χ0n) is 16.2. The highest BCUT2D eigenvalue weighted by atomic mass is 16.6. The molecule has 9 heteroatoms. The molecular weight excluding hydrogens is 392 g/mol. The molecule has 3 rings (SSSR count). The van der Waals surface area contributed by atoms with Crippen LogP contribution in [0.3, 0.4) is 0 Å². The number of rotatable bonds is 6. The van der Waals surface area contributed by atoms with Crippen molar-refractivity contribution in [2.24, 2.45) is 0 Å². The summed E-state index contributed by atoms with van der Waals surface area (Å²) < 4.78 is 15.1. The van der Waals surface area contributed by atoms with Crippen molar-refractivity contribution in [2.75, 3.05) is 25.7 Å². The van der Waals surface area contributed by atoms with Crippen LogP contribution in [-0.4, -0.2) is 44.6 Å². The molecule has 154 valence electrons. The minimum atomic E-state index is -0.822. The number of nitrogens with zero attached hydrogens (tertiary/aromatic N) is 1. The third-order valence-corrected chi connectivity index (χ3v) is 4.19. The van der Waals surface area contributed by atoms with Crippen molar-refractivity contribution in [3.8, 4) is 11.5 Å². The molecule has 0 unspecified atom stereocenters. The lowest BCUT2D eigenvalue weighted by molar-refractivity contribution is -0.143. The fourth-order valence-electron chi connectivity index (χ4n) is 2.72. The van der Waals surface area contributed by atoms with Crippen molar-refractivity contribution in [3.05, 3.63) is 59.7 Å². The van der Waals surface area contributed by atoms with Gasteiger partial charge in [0.15, 0.2) is 18.1 Å². The Morgan fingerprint density at radius 1 is 1.03 bits per heavy atom. The molecule has 0 radical (unpaired) electrons. The van der Waals surface area contributed by atoms with Crippen LogP contribution in [0, 0.1) is 0 Å². The Kier molecular flexibility index (Phi) is 6.11. The number of barbiturate groups is 1. The number of imide groups is 2. The number of ether oxygens (including phenoxy) is 3. The zero-order valence-corrected chi connectivity index (χ0v) is 16.2. The van der Waals surface area contributed by atoms with E-state index in [9.17, 15) is 19.2 Å². The predicted octanol–water partition coefficient (Wildman–Crippen LogP) is 1.91. The largest absolute Gasteiger partial charge is 0.493 e. The second kappa shape index (κ2) is 8.91. The number of anilines is 1. The number of para-hydroxylation sites is 1. The summed E-state index contributed by atoms with van der Waals surface area (Å²) in [6.07, 6.45) is 1.34. The first-order valence-corrected chi connectivity index (χ1v) is 8.78. The SMILES string of the molecule is COC(=O)COc1ccc(C=C2C(=O)NC(=O)N(c3ccccc3)C2=O)cc1OC. The molecular formula is C21H18N2O7. The Morgan fingerprint density at radius 3 is 2.43 bits per heavy atom.